The summed E-state index contributed by atoms with van der Waals surface area (Å²) in [6.07, 6.45) is 0. The maximum absolute atomic E-state index is 13.1. The van der Waals surface area contributed by atoms with Crippen LogP contribution in [0, 0.1) is 0 Å². The Morgan fingerprint density at radius 1 is 0.968 bits per heavy atom. The van der Waals surface area contributed by atoms with Crippen molar-refractivity contribution < 1.29 is 23.8 Å². The summed E-state index contributed by atoms with van der Waals surface area (Å²) < 4.78 is 16.2. The van der Waals surface area contributed by atoms with E-state index in [4.69, 9.17) is 14.2 Å². The van der Waals surface area contributed by atoms with Crippen LogP contribution in [0.4, 0.5) is 0 Å². The van der Waals surface area contributed by atoms with Gasteiger partial charge in [0, 0.05) is 12.1 Å². The SMILES string of the molecule is COc1ccc(CN(C(=O)COc2ccccc2OC)[C@H](C)C(=O)NC(C)(C)C)cc1. The van der Waals surface area contributed by atoms with Gasteiger partial charge in [-0.25, -0.2) is 0 Å². The molecule has 31 heavy (non-hydrogen) atoms. The van der Waals surface area contributed by atoms with Crippen LogP contribution in [0.5, 0.6) is 17.2 Å². The molecule has 168 valence electrons. The Balaban J connectivity index is 2.20. The van der Waals surface area contributed by atoms with Crippen LogP contribution in [0.3, 0.4) is 0 Å². The van der Waals surface area contributed by atoms with Crippen molar-refractivity contribution in [1.82, 2.24) is 10.2 Å². The summed E-state index contributed by atoms with van der Waals surface area (Å²) in [5, 5.41) is 2.94. The zero-order valence-electron chi connectivity index (χ0n) is 19.1. The highest BCUT2D eigenvalue weighted by Crippen LogP contribution is 2.26. The predicted octanol–water partition coefficient (Wildman–Crippen LogP) is 3.41. The van der Waals surface area contributed by atoms with Gasteiger partial charge in [-0.15, -0.1) is 0 Å². The number of nitrogens with one attached hydrogen (secondary N) is 1. The average molecular weight is 429 g/mol. The first kappa shape index (κ1) is 24.1. The molecular weight excluding hydrogens is 396 g/mol. The third-order valence-electron chi connectivity index (χ3n) is 4.60. The van der Waals surface area contributed by atoms with E-state index < -0.39 is 11.6 Å². The third-order valence-corrected chi connectivity index (χ3v) is 4.60. The molecule has 2 aromatic rings. The number of carbonyl (C=O) groups is 2. The molecule has 0 aliphatic rings. The Hall–Kier alpha value is -3.22. The van der Waals surface area contributed by atoms with Crippen molar-refractivity contribution in [3.8, 4) is 17.2 Å². The van der Waals surface area contributed by atoms with Crippen LogP contribution >= 0.6 is 0 Å². The lowest BCUT2D eigenvalue weighted by Gasteiger charge is -2.31. The normalized spacial score (nSPS) is 11.9. The number of methoxy groups -OCH3 is 2. The Morgan fingerprint density at radius 3 is 2.13 bits per heavy atom. The molecule has 0 aliphatic carbocycles. The maximum atomic E-state index is 13.1. The Morgan fingerprint density at radius 2 is 1.58 bits per heavy atom. The Kier molecular flexibility index (Phi) is 8.30. The molecule has 1 atom stereocenters. The fourth-order valence-electron chi connectivity index (χ4n) is 2.94. The summed E-state index contributed by atoms with van der Waals surface area (Å²) in [6.45, 7) is 7.46. The molecule has 0 unspecified atom stereocenters. The molecule has 0 heterocycles. The number of carbonyl (C=O) groups excluding carboxylic acids is 2. The van der Waals surface area contributed by atoms with Crippen molar-refractivity contribution in [1.29, 1.82) is 0 Å². The van der Waals surface area contributed by atoms with Gasteiger partial charge in [-0.05, 0) is 57.5 Å². The first-order chi connectivity index (χ1) is 14.6. The number of ether oxygens (including phenoxy) is 3. The van der Waals surface area contributed by atoms with E-state index in [2.05, 4.69) is 5.32 Å². The minimum absolute atomic E-state index is 0.219. The van der Waals surface area contributed by atoms with Gasteiger partial charge < -0.3 is 24.4 Å². The zero-order valence-corrected chi connectivity index (χ0v) is 19.1. The summed E-state index contributed by atoms with van der Waals surface area (Å²) in [5.41, 5.74) is 0.468. The summed E-state index contributed by atoms with van der Waals surface area (Å²) in [4.78, 5) is 27.4. The molecule has 1 N–H and O–H groups in total. The first-order valence-corrected chi connectivity index (χ1v) is 10.1. The second-order valence-electron chi connectivity index (χ2n) is 8.22. The van der Waals surface area contributed by atoms with Crippen molar-refractivity contribution in [3.63, 3.8) is 0 Å². The molecule has 0 spiro atoms. The minimum Gasteiger partial charge on any atom is -0.497 e. The monoisotopic (exact) mass is 428 g/mol. The molecule has 0 fully saturated rings. The number of nitrogens with zero attached hydrogens (tertiary/aromatic N) is 1. The molecule has 0 saturated heterocycles. The number of amides is 2. The van der Waals surface area contributed by atoms with Crippen LogP contribution in [0.1, 0.15) is 33.3 Å². The number of hydrogen-bond acceptors (Lipinski definition) is 5. The summed E-state index contributed by atoms with van der Waals surface area (Å²) in [5.74, 6) is 1.19. The van der Waals surface area contributed by atoms with E-state index in [1.165, 1.54) is 4.90 Å². The van der Waals surface area contributed by atoms with Gasteiger partial charge in [-0.2, -0.15) is 0 Å². The van der Waals surface area contributed by atoms with Crippen LogP contribution < -0.4 is 19.5 Å². The lowest BCUT2D eigenvalue weighted by molar-refractivity contribution is -0.142. The smallest absolute Gasteiger partial charge is 0.261 e. The molecule has 0 saturated carbocycles. The molecule has 2 rings (SSSR count). The van der Waals surface area contributed by atoms with Crippen molar-refractivity contribution in [3.05, 3.63) is 54.1 Å². The molecule has 0 aliphatic heterocycles. The van der Waals surface area contributed by atoms with E-state index >= 15 is 0 Å². The van der Waals surface area contributed by atoms with Gasteiger partial charge in [-0.3, -0.25) is 9.59 Å². The van der Waals surface area contributed by atoms with Crippen molar-refractivity contribution in [2.24, 2.45) is 0 Å². The predicted molar refractivity (Wildman–Crippen MR) is 119 cm³/mol. The first-order valence-electron chi connectivity index (χ1n) is 10.1. The van der Waals surface area contributed by atoms with Crippen molar-refractivity contribution in [2.75, 3.05) is 20.8 Å². The molecule has 0 bridgehead atoms. The average Bonchev–Trinajstić information content (AvgIpc) is 2.74. The van der Waals surface area contributed by atoms with Gasteiger partial charge in [0.15, 0.2) is 18.1 Å². The number of para-hydroxylation sites is 2. The topological polar surface area (TPSA) is 77.1 Å². The molecular formula is C24H32N2O5. The molecule has 7 heteroatoms. The van der Waals surface area contributed by atoms with Gasteiger partial charge in [0.25, 0.3) is 5.91 Å². The fourth-order valence-corrected chi connectivity index (χ4v) is 2.94. The highest BCUT2D eigenvalue weighted by atomic mass is 16.5. The van der Waals surface area contributed by atoms with E-state index in [-0.39, 0.29) is 25.0 Å². The molecule has 0 aromatic heterocycles. The highest BCUT2D eigenvalue weighted by molar-refractivity contribution is 5.88. The highest BCUT2D eigenvalue weighted by Gasteiger charge is 2.28. The lowest BCUT2D eigenvalue weighted by atomic mass is 10.1. The van der Waals surface area contributed by atoms with Crippen LogP contribution in [0.2, 0.25) is 0 Å². The number of benzene rings is 2. The largest absolute Gasteiger partial charge is 0.497 e. The van der Waals surface area contributed by atoms with E-state index in [0.717, 1.165) is 11.3 Å². The molecule has 7 nitrogen and oxygen atoms in total. The van der Waals surface area contributed by atoms with Crippen LogP contribution in [-0.4, -0.2) is 49.1 Å². The van der Waals surface area contributed by atoms with E-state index in [0.29, 0.717) is 11.5 Å². The van der Waals surface area contributed by atoms with Gasteiger partial charge in [-0.1, -0.05) is 24.3 Å². The summed E-state index contributed by atoms with van der Waals surface area (Å²) >= 11 is 0. The van der Waals surface area contributed by atoms with Gasteiger partial charge in [0.2, 0.25) is 5.91 Å². The fraction of sp³-hybridized carbons (Fsp3) is 0.417. The summed E-state index contributed by atoms with van der Waals surface area (Å²) in [7, 11) is 3.14. The molecule has 0 radical (unpaired) electrons. The van der Waals surface area contributed by atoms with Crippen LogP contribution in [-0.2, 0) is 16.1 Å². The lowest BCUT2D eigenvalue weighted by Crippen LogP contribution is -2.53. The van der Waals surface area contributed by atoms with Gasteiger partial charge in [0.1, 0.15) is 11.8 Å². The molecule has 2 aromatic carbocycles. The van der Waals surface area contributed by atoms with Gasteiger partial charge in [0.05, 0.1) is 14.2 Å². The standard InChI is InChI=1S/C24H32N2O5/c1-17(23(28)25-24(2,3)4)26(15-18-11-13-19(29-5)14-12-18)22(27)16-31-21-10-8-7-9-20(21)30-6/h7-14,17H,15-16H2,1-6H3,(H,25,28)/t17-/m1/s1. The van der Waals surface area contributed by atoms with Crippen LogP contribution in [0.25, 0.3) is 0 Å². The summed E-state index contributed by atoms with van der Waals surface area (Å²) in [6, 6.07) is 13.8. The Labute approximate surface area is 184 Å². The second kappa shape index (κ2) is 10.7. The zero-order chi connectivity index (χ0) is 23.0. The van der Waals surface area contributed by atoms with Crippen molar-refractivity contribution in [2.45, 2.75) is 45.8 Å². The quantitative estimate of drug-likeness (QED) is 0.662. The van der Waals surface area contributed by atoms with E-state index in [1.807, 2.05) is 51.1 Å². The van der Waals surface area contributed by atoms with E-state index in [9.17, 15) is 9.59 Å². The third kappa shape index (κ3) is 7.20. The van der Waals surface area contributed by atoms with Crippen LogP contribution in [0.15, 0.2) is 48.5 Å². The minimum atomic E-state index is -0.685. The Bertz CT molecular complexity index is 874. The van der Waals surface area contributed by atoms with Crippen molar-refractivity contribution >= 4 is 11.8 Å². The number of rotatable bonds is 9. The van der Waals surface area contributed by atoms with Gasteiger partial charge >= 0.3 is 0 Å². The number of hydrogen-bond donors (Lipinski definition) is 1. The van der Waals surface area contributed by atoms with E-state index in [1.54, 1.807) is 39.3 Å². The maximum Gasteiger partial charge on any atom is 0.261 e. The second-order valence-corrected chi connectivity index (χ2v) is 8.22. The molecule has 2 amide bonds.